The summed E-state index contributed by atoms with van der Waals surface area (Å²) in [7, 11) is 0. The Balaban J connectivity index is 1.29. The highest BCUT2D eigenvalue weighted by molar-refractivity contribution is 6.35. The number of benzene rings is 1. The average Bonchev–Trinajstić information content (AvgIpc) is 2.77. The Kier molecular flexibility index (Phi) is 5.83. The van der Waals surface area contributed by atoms with Crippen molar-refractivity contribution < 1.29 is 14.6 Å². The lowest BCUT2D eigenvalue weighted by Gasteiger charge is -2.38. The highest BCUT2D eigenvalue weighted by Crippen LogP contribution is 2.61. The zero-order valence-electron chi connectivity index (χ0n) is 16.2. The molecule has 0 spiro atoms. The quantitative estimate of drug-likeness (QED) is 0.604. The third kappa shape index (κ3) is 4.01. The van der Waals surface area contributed by atoms with Crippen molar-refractivity contribution in [1.82, 2.24) is 5.32 Å². The Morgan fingerprint density at radius 2 is 2.18 bits per heavy atom. The average molecular weight is 426 g/mol. The molecule has 1 amide bonds. The van der Waals surface area contributed by atoms with Crippen molar-refractivity contribution in [1.29, 1.82) is 0 Å². The fourth-order valence-electron chi connectivity index (χ4n) is 6.14. The van der Waals surface area contributed by atoms with Crippen LogP contribution in [-0.4, -0.2) is 29.8 Å². The molecule has 154 valence electrons. The highest BCUT2D eigenvalue weighted by Gasteiger charge is 2.59. The number of halogens is 2. The second-order valence-corrected chi connectivity index (χ2v) is 10.00. The molecule has 0 heterocycles. The summed E-state index contributed by atoms with van der Waals surface area (Å²) in [5.41, 5.74) is -0.0683. The maximum Gasteiger partial charge on any atom is 0.220 e. The van der Waals surface area contributed by atoms with Crippen molar-refractivity contribution >= 4 is 29.1 Å². The van der Waals surface area contributed by atoms with Crippen molar-refractivity contribution in [2.75, 3.05) is 13.2 Å². The largest absolute Gasteiger partial charge is 0.492 e. The first kappa shape index (κ1) is 20.3. The van der Waals surface area contributed by atoms with E-state index in [1.54, 1.807) is 18.2 Å². The number of carbonyl (C=O) groups excluding carboxylic acids is 1. The van der Waals surface area contributed by atoms with E-state index < -0.39 is 0 Å². The van der Waals surface area contributed by atoms with Crippen LogP contribution in [0.3, 0.4) is 0 Å². The second kappa shape index (κ2) is 8.04. The topological polar surface area (TPSA) is 58.6 Å². The van der Waals surface area contributed by atoms with Gasteiger partial charge in [0.2, 0.25) is 5.91 Å². The number of rotatable bonds is 7. The smallest absolute Gasteiger partial charge is 0.220 e. The molecule has 1 aromatic carbocycles. The van der Waals surface area contributed by atoms with Gasteiger partial charge in [0.25, 0.3) is 0 Å². The van der Waals surface area contributed by atoms with Gasteiger partial charge in [0.1, 0.15) is 5.75 Å². The molecule has 4 rings (SSSR count). The van der Waals surface area contributed by atoms with E-state index >= 15 is 0 Å². The molecule has 28 heavy (non-hydrogen) atoms. The van der Waals surface area contributed by atoms with Crippen LogP contribution in [-0.2, 0) is 4.79 Å². The van der Waals surface area contributed by atoms with E-state index in [0.717, 1.165) is 25.7 Å². The highest BCUT2D eigenvalue weighted by atomic mass is 35.5. The molecule has 4 unspecified atom stereocenters. The molecule has 3 bridgehead atoms. The SMILES string of the molecule is O=C(CCCOc1ccc(Cl)cc1Cl)NC12CC3CCCC(CO)(C1)C(C3)C2. The van der Waals surface area contributed by atoms with Gasteiger partial charge >= 0.3 is 0 Å². The third-order valence-electron chi connectivity index (χ3n) is 7.20. The third-order valence-corrected chi connectivity index (χ3v) is 7.73. The monoisotopic (exact) mass is 425 g/mol. The first-order valence-corrected chi connectivity index (χ1v) is 11.2. The molecule has 0 radical (unpaired) electrons. The summed E-state index contributed by atoms with van der Waals surface area (Å²) in [6, 6.07) is 5.14. The van der Waals surface area contributed by atoms with Crippen LogP contribution in [0, 0.1) is 17.3 Å². The summed E-state index contributed by atoms with van der Waals surface area (Å²) in [6.07, 6.45) is 8.93. The fraction of sp³-hybridized carbons (Fsp3) is 0.682. The lowest BCUT2D eigenvalue weighted by molar-refractivity contribution is -0.123. The molecule has 2 N–H and O–H groups in total. The van der Waals surface area contributed by atoms with E-state index in [1.165, 1.54) is 19.3 Å². The first-order valence-electron chi connectivity index (χ1n) is 10.4. The number of ether oxygens (including phenoxy) is 1. The Morgan fingerprint density at radius 1 is 1.32 bits per heavy atom. The Hall–Kier alpha value is -0.970. The standard InChI is InChI=1S/C22H29Cl2NO3/c23-17-5-6-19(18(24)10-17)28-8-2-4-20(27)25-22-11-15-3-1-7-21(13-22,14-26)16(9-15)12-22/h5-6,10,15-16,26H,1-4,7-9,11-14H2,(H,25,27). The Bertz CT molecular complexity index is 742. The van der Waals surface area contributed by atoms with Crippen molar-refractivity contribution in [3.8, 4) is 5.75 Å². The molecular formula is C22H29Cl2NO3. The molecule has 4 nitrogen and oxygen atoms in total. The van der Waals surface area contributed by atoms with Crippen molar-refractivity contribution in [3.63, 3.8) is 0 Å². The van der Waals surface area contributed by atoms with Crippen molar-refractivity contribution in [3.05, 3.63) is 28.2 Å². The zero-order valence-corrected chi connectivity index (χ0v) is 17.7. The van der Waals surface area contributed by atoms with Gasteiger partial charge in [-0.15, -0.1) is 0 Å². The van der Waals surface area contributed by atoms with E-state index in [4.69, 9.17) is 27.9 Å². The number of hydrogen-bond acceptors (Lipinski definition) is 3. The molecule has 0 aliphatic heterocycles. The minimum atomic E-state index is -0.103. The molecule has 3 saturated carbocycles. The van der Waals surface area contributed by atoms with Crippen molar-refractivity contribution in [2.45, 2.75) is 63.3 Å². The van der Waals surface area contributed by atoms with E-state index in [1.807, 2.05) is 0 Å². The number of amides is 1. The summed E-state index contributed by atoms with van der Waals surface area (Å²) in [6.45, 7) is 0.700. The van der Waals surface area contributed by atoms with Crippen LogP contribution < -0.4 is 10.1 Å². The molecular weight excluding hydrogens is 397 g/mol. The van der Waals surface area contributed by atoms with Gasteiger partial charge < -0.3 is 15.2 Å². The molecule has 6 heteroatoms. The number of fused-ring (bicyclic) bond motifs is 2. The minimum absolute atomic E-state index is 0.0347. The summed E-state index contributed by atoms with van der Waals surface area (Å²) >= 11 is 12.0. The first-order chi connectivity index (χ1) is 13.4. The van der Waals surface area contributed by atoms with E-state index in [9.17, 15) is 9.90 Å². The number of carbonyl (C=O) groups is 1. The van der Waals surface area contributed by atoms with Gasteiger partial charge in [-0.25, -0.2) is 0 Å². The van der Waals surface area contributed by atoms with Gasteiger partial charge in [-0.2, -0.15) is 0 Å². The predicted octanol–water partition coefficient (Wildman–Crippen LogP) is 4.99. The normalized spacial score (nSPS) is 33.5. The molecule has 3 aliphatic rings. The Morgan fingerprint density at radius 3 is 2.96 bits per heavy atom. The molecule has 0 saturated heterocycles. The van der Waals surface area contributed by atoms with Gasteiger partial charge in [0.15, 0.2) is 0 Å². The summed E-state index contributed by atoms with van der Waals surface area (Å²) in [5, 5.41) is 14.6. The molecule has 1 aromatic rings. The molecule has 0 aromatic heterocycles. The number of nitrogens with one attached hydrogen (secondary N) is 1. The van der Waals surface area contributed by atoms with Crippen LogP contribution in [0.15, 0.2) is 18.2 Å². The second-order valence-electron chi connectivity index (χ2n) is 9.15. The zero-order chi connectivity index (χ0) is 19.8. The van der Waals surface area contributed by atoms with Gasteiger partial charge in [-0.05, 0) is 74.0 Å². The van der Waals surface area contributed by atoms with Gasteiger partial charge in [0, 0.05) is 23.6 Å². The van der Waals surface area contributed by atoms with Crippen LogP contribution in [0.4, 0.5) is 0 Å². The minimum Gasteiger partial charge on any atom is -0.492 e. The molecule has 4 atom stereocenters. The molecule has 3 aliphatic carbocycles. The van der Waals surface area contributed by atoms with Crippen LogP contribution >= 0.6 is 23.2 Å². The number of aliphatic hydroxyl groups excluding tert-OH is 1. The lowest BCUT2D eigenvalue weighted by Crippen LogP contribution is -2.50. The van der Waals surface area contributed by atoms with Crippen molar-refractivity contribution in [2.24, 2.45) is 17.3 Å². The maximum atomic E-state index is 12.7. The summed E-state index contributed by atoms with van der Waals surface area (Å²) < 4.78 is 5.68. The predicted molar refractivity (Wildman–Crippen MR) is 111 cm³/mol. The van der Waals surface area contributed by atoms with Crippen LogP contribution in [0.1, 0.15) is 57.8 Å². The van der Waals surface area contributed by atoms with Gasteiger partial charge in [-0.1, -0.05) is 36.0 Å². The van der Waals surface area contributed by atoms with Gasteiger partial charge in [-0.3, -0.25) is 4.79 Å². The van der Waals surface area contributed by atoms with Crippen LogP contribution in [0.25, 0.3) is 0 Å². The lowest BCUT2D eigenvalue weighted by atomic mass is 9.74. The van der Waals surface area contributed by atoms with Gasteiger partial charge in [0.05, 0.1) is 11.6 Å². The summed E-state index contributed by atoms with van der Waals surface area (Å²) in [4.78, 5) is 12.7. The Labute approximate surface area is 176 Å². The molecule has 3 fully saturated rings. The summed E-state index contributed by atoms with van der Waals surface area (Å²) in [5.74, 6) is 1.95. The number of hydrogen-bond donors (Lipinski definition) is 2. The van der Waals surface area contributed by atoms with E-state index in [-0.39, 0.29) is 23.5 Å². The van der Waals surface area contributed by atoms with E-state index in [2.05, 4.69) is 5.32 Å². The van der Waals surface area contributed by atoms with Crippen LogP contribution in [0.2, 0.25) is 10.0 Å². The fourth-order valence-corrected chi connectivity index (χ4v) is 6.60. The number of aliphatic hydroxyl groups is 1. The van der Waals surface area contributed by atoms with Crippen LogP contribution in [0.5, 0.6) is 5.75 Å². The van der Waals surface area contributed by atoms with E-state index in [0.29, 0.717) is 47.1 Å². The maximum absolute atomic E-state index is 12.7.